The van der Waals surface area contributed by atoms with Crippen LogP contribution in [0.3, 0.4) is 0 Å². The number of aryl methyl sites for hydroxylation is 1. The highest BCUT2D eigenvalue weighted by Gasteiger charge is 2.26. The first kappa shape index (κ1) is 15.0. The number of amides is 1. The van der Waals surface area contributed by atoms with Gasteiger partial charge in [-0.3, -0.25) is 4.79 Å². The van der Waals surface area contributed by atoms with Crippen LogP contribution in [-0.2, 0) is 0 Å². The Bertz CT molecular complexity index is 481. The SMILES string of the molecule is CCN1CCC(N(C)C(=O)c2cccc(C)c2F)CC1. The van der Waals surface area contributed by atoms with E-state index in [1.165, 1.54) is 0 Å². The predicted octanol–water partition coefficient (Wildman–Crippen LogP) is 2.69. The van der Waals surface area contributed by atoms with E-state index in [-0.39, 0.29) is 17.5 Å². The van der Waals surface area contributed by atoms with Crippen LogP contribution < -0.4 is 0 Å². The lowest BCUT2D eigenvalue weighted by Crippen LogP contribution is -2.45. The Hall–Kier alpha value is -1.42. The molecule has 1 amide bonds. The van der Waals surface area contributed by atoms with Gasteiger partial charge in [-0.25, -0.2) is 4.39 Å². The van der Waals surface area contributed by atoms with Gasteiger partial charge in [0.2, 0.25) is 0 Å². The molecule has 0 saturated carbocycles. The molecule has 2 rings (SSSR count). The first-order valence-corrected chi connectivity index (χ1v) is 7.29. The monoisotopic (exact) mass is 278 g/mol. The highest BCUT2D eigenvalue weighted by atomic mass is 19.1. The lowest BCUT2D eigenvalue weighted by Gasteiger charge is -2.36. The van der Waals surface area contributed by atoms with Crippen molar-refractivity contribution >= 4 is 5.91 Å². The first-order chi connectivity index (χ1) is 9.54. The summed E-state index contributed by atoms with van der Waals surface area (Å²) in [7, 11) is 1.79. The molecule has 1 heterocycles. The smallest absolute Gasteiger partial charge is 0.256 e. The van der Waals surface area contributed by atoms with E-state index in [9.17, 15) is 9.18 Å². The number of halogens is 1. The van der Waals surface area contributed by atoms with Gasteiger partial charge in [0, 0.05) is 26.2 Å². The molecule has 0 atom stereocenters. The van der Waals surface area contributed by atoms with Crippen LogP contribution in [0.1, 0.15) is 35.7 Å². The molecule has 1 aromatic rings. The quantitative estimate of drug-likeness (QED) is 0.848. The molecule has 1 aliphatic heterocycles. The van der Waals surface area contributed by atoms with Gasteiger partial charge in [0.1, 0.15) is 5.82 Å². The first-order valence-electron chi connectivity index (χ1n) is 7.29. The van der Waals surface area contributed by atoms with E-state index in [0.29, 0.717) is 5.56 Å². The molecule has 0 unspecified atom stereocenters. The number of carbonyl (C=O) groups is 1. The summed E-state index contributed by atoms with van der Waals surface area (Å²) >= 11 is 0. The van der Waals surface area contributed by atoms with Crippen molar-refractivity contribution in [2.45, 2.75) is 32.7 Å². The van der Waals surface area contributed by atoms with Crippen LogP contribution in [0.2, 0.25) is 0 Å². The molecule has 0 bridgehead atoms. The van der Waals surface area contributed by atoms with Gasteiger partial charge in [0.25, 0.3) is 5.91 Å². The Morgan fingerprint density at radius 1 is 1.40 bits per heavy atom. The highest BCUT2D eigenvalue weighted by molar-refractivity contribution is 5.94. The van der Waals surface area contributed by atoms with Gasteiger partial charge in [-0.1, -0.05) is 19.1 Å². The zero-order valence-corrected chi connectivity index (χ0v) is 12.5. The zero-order chi connectivity index (χ0) is 14.7. The fraction of sp³-hybridized carbons (Fsp3) is 0.562. The number of benzene rings is 1. The van der Waals surface area contributed by atoms with Crippen LogP contribution >= 0.6 is 0 Å². The lowest BCUT2D eigenvalue weighted by molar-refractivity contribution is 0.0642. The minimum Gasteiger partial charge on any atom is -0.339 e. The number of hydrogen-bond acceptors (Lipinski definition) is 2. The van der Waals surface area contributed by atoms with E-state index in [1.807, 2.05) is 0 Å². The summed E-state index contributed by atoms with van der Waals surface area (Å²) in [6.45, 7) is 6.91. The van der Waals surface area contributed by atoms with E-state index in [1.54, 1.807) is 37.1 Å². The van der Waals surface area contributed by atoms with Crippen LogP contribution in [0, 0.1) is 12.7 Å². The van der Waals surface area contributed by atoms with Crippen molar-refractivity contribution in [2.24, 2.45) is 0 Å². The van der Waals surface area contributed by atoms with E-state index >= 15 is 0 Å². The van der Waals surface area contributed by atoms with E-state index in [2.05, 4.69) is 11.8 Å². The van der Waals surface area contributed by atoms with Crippen molar-refractivity contribution in [2.75, 3.05) is 26.7 Å². The summed E-state index contributed by atoms with van der Waals surface area (Å²) in [5.74, 6) is -0.600. The average Bonchev–Trinajstić information content (AvgIpc) is 2.48. The highest BCUT2D eigenvalue weighted by Crippen LogP contribution is 2.19. The second-order valence-corrected chi connectivity index (χ2v) is 5.52. The molecular formula is C16H23FN2O. The Kier molecular flexibility index (Phi) is 4.76. The van der Waals surface area contributed by atoms with Gasteiger partial charge in [-0.05, 0) is 37.9 Å². The largest absolute Gasteiger partial charge is 0.339 e. The Labute approximate surface area is 120 Å². The van der Waals surface area contributed by atoms with Crippen molar-refractivity contribution < 1.29 is 9.18 Å². The summed E-state index contributed by atoms with van der Waals surface area (Å²) in [5, 5.41) is 0. The van der Waals surface area contributed by atoms with E-state index in [0.717, 1.165) is 32.5 Å². The molecule has 3 nitrogen and oxygen atoms in total. The summed E-state index contributed by atoms with van der Waals surface area (Å²) in [6, 6.07) is 5.21. The number of rotatable bonds is 3. The third kappa shape index (κ3) is 3.01. The van der Waals surface area contributed by atoms with Crippen molar-refractivity contribution in [1.82, 2.24) is 9.80 Å². The van der Waals surface area contributed by atoms with Gasteiger partial charge < -0.3 is 9.80 Å². The number of nitrogens with zero attached hydrogens (tertiary/aromatic N) is 2. The molecular weight excluding hydrogens is 255 g/mol. The van der Waals surface area contributed by atoms with Crippen LogP contribution in [0.15, 0.2) is 18.2 Å². The molecule has 0 N–H and O–H groups in total. The van der Waals surface area contributed by atoms with Crippen LogP contribution in [-0.4, -0.2) is 48.4 Å². The maximum atomic E-state index is 14.0. The lowest BCUT2D eigenvalue weighted by atomic mass is 10.0. The fourth-order valence-corrected chi connectivity index (χ4v) is 2.79. The summed E-state index contributed by atoms with van der Waals surface area (Å²) in [6.07, 6.45) is 1.92. The Morgan fingerprint density at radius 2 is 2.05 bits per heavy atom. The third-order valence-corrected chi connectivity index (χ3v) is 4.29. The second-order valence-electron chi connectivity index (χ2n) is 5.52. The summed E-state index contributed by atoms with van der Waals surface area (Å²) in [4.78, 5) is 16.5. The molecule has 1 aliphatic rings. The van der Waals surface area contributed by atoms with Gasteiger partial charge in [-0.2, -0.15) is 0 Å². The van der Waals surface area contributed by atoms with Crippen LogP contribution in [0.4, 0.5) is 4.39 Å². The van der Waals surface area contributed by atoms with Crippen molar-refractivity contribution in [3.63, 3.8) is 0 Å². The summed E-state index contributed by atoms with van der Waals surface area (Å²) < 4.78 is 14.0. The molecule has 1 fully saturated rings. The Balaban J connectivity index is 2.07. The molecule has 110 valence electrons. The average molecular weight is 278 g/mol. The van der Waals surface area contributed by atoms with Crippen molar-refractivity contribution in [3.8, 4) is 0 Å². The maximum absolute atomic E-state index is 14.0. The van der Waals surface area contributed by atoms with E-state index < -0.39 is 5.82 Å². The molecule has 0 radical (unpaired) electrons. The molecule has 0 spiro atoms. The van der Waals surface area contributed by atoms with Crippen LogP contribution in [0.25, 0.3) is 0 Å². The van der Waals surface area contributed by atoms with Gasteiger partial charge in [-0.15, -0.1) is 0 Å². The predicted molar refractivity (Wildman–Crippen MR) is 78.4 cm³/mol. The van der Waals surface area contributed by atoms with Crippen LogP contribution in [0.5, 0.6) is 0 Å². The molecule has 20 heavy (non-hydrogen) atoms. The third-order valence-electron chi connectivity index (χ3n) is 4.29. The van der Waals surface area contributed by atoms with Crippen molar-refractivity contribution in [1.29, 1.82) is 0 Å². The molecule has 4 heteroatoms. The second kappa shape index (κ2) is 6.35. The molecule has 1 aromatic carbocycles. The molecule has 0 aromatic heterocycles. The Morgan fingerprint density at radius 3 is 2.65 bits per heavy atom. The number of hydrogen-bond donors (Lipinski definition) is 0. The molecule has 1 saturated heterocycles. The van der Waals surface area contributed by atoms with Gasteiger partial charge in [0.05, 0.1) is 5.56 Å². The topological polar surface area (TPSA) is 23.6 Å². The number of piperidine rings is 1. The molecule has 0 aliphatic carbocycles. The standard InChI is InChI=1S/C16H23FN2O/c1-4-19-10-8-13(9-11-19)18(3)16(20)14-7-5-6-12(2)15(14)17/h5-7,13H,4,8-11H2,1-3H3. The summed E-state index contributed by atoms with van der Waals surface area (Å²) in [5.41, 5.74) is 0.704. The van der Waals surface area contributed by atoms with Gasteiger partial charge >= 0.3 is 0 Å². The number of likely N-dealkylation sites (tertiary alicyclic amines) is 1. The minimum absolute atomic E-state index is 0.186. The van der Waals surface area contributed by atoms with E-state index in [4.69, 9.17) is 0 Å². The maximum Gasteiger partial charge on any atom is 0.256 e. The minimum atomic E-state index is -0.393. The number of carbonyl (C=O) groups excluding carboxylic acids is 1. The fourth-order valence-electron chi connectivity index (χ4n) is 2.79. The zero-order valence-electron chi connectivity index (χ0n) is 12.5. The van der Waals surface area contributed by atoms with Crippen molar-refractivity contribution in [3.05, 3.63) is 35.1 Å². The van der Waals surface area contributed by atoms with Gasteiger partial charge in [0.15, 0.2) is 0 Å². The normalized spacial score (nSPS) is 17.2.